The molecule has 2 N–H and O–H groups in total. The lowest BCUT2D eigenvalue weighted by Gasteiger charge is -2.10. The van der Waals surface area contributed by atoms with Gasteiger partial charge in [0.1, 0.15) is 17.8 Å². The highest BCUT2D eigenvalue weighted by Crippen LogP contribution is 2.27. The van der Waals surface area contributed by atoms with Crippen LogP contribution in [0.3, 0.4) is 0 Å². The van der Waals surface area contributed by atoms with Crippen molar-refractivity contribution >= 4 is 17.5 Å². The van der Waals surface area contributed by atoms with Crippen LogP contribution in [-0.4, -0.2) is 40.6 Å². The lowest BCUT2D eigenvalue weighted by Crippen LogP contribution is -2.23. The van der Waals surface area contributed by atoms with Crippen molar-refractivity contribution in [3.63, 3.8) is 0 Å². The van der Waals surface area contributed by atoms with Crippen molar-refractivity contribution in [3.8, 4) is 17.3 Å². The average molecular weight is 395 g/mol. The maximum atomic E-state index is 12.4. The first kappa shape index (κ1) is 19.9. The Morgan fingerprint density at radius 2 is 1.86 bits per heavy atom. The van der Waals surface area contributed by atoms with Gasteiger partial charge in [-0.25, -0.2) is 9.97 Å². The van der Waals surface area contributed by atoms with Crippen molar-refractivity contribution in [1.29, 1.82) is 0 Å². The van der Waals surface area contributed by atoms with Gasteiger partial charge in [-0.05, 0) is 29.8 Å². The van der Waals surface area contributed by atoms with E-state index < -0.39 is 0 Å². The molecule has 0 radical (unpaired) electrons. The summed E-state index contributed by atoms with van der Waals surface area (Å²) in [5.41, 5.74) is 1.72. The molecule has 0 bridgehead atoms. The number of rotatable bonds is 7. The van der Waals surface area contributed by atoms with Crippen LogP contribution in [0.5, 0.6) is 11.5 Å². The minimum Gasteiger partial charge on any atom is -0.493 e. The highest BCUT2D eigenvalue weighted by molar-refractivity contribution is 5.92. The molecule has 0 aliphatic heterocycles. The fraction of sp³-hybridized carbons (Fsp3) is 0.200. The third-order valence-electron chi connectivity index (χ3n) is 4.05. The van der Waals surface area contributed by atoms with Crippen LogP contribution in [0, 0.1) is 0 Å². The molecule has 2 amide bonds. The molecule has 0 aliphatic rings. The molecular formula is C20H21N5O4. The fourth-order valence-electron chi connectivity index (χ4n) is 2.64. The Morgan fingerprint density at radius 3 is 2.52 bits per heavy atom. The monoisotopic (exact) mass is 395 g/mol. The number of nitrogens with zero attached hydrogens (tertiary/aromatic N) is 3. The zero-order valence-electron chi connectivity index (χ0n) is 16.3. The van der Waals surface area contributed by atoms with Gasteiger partial charge in [0.25, 0.3) is 5.91 Å². The molecule has 0 spiro atoms. The predicted molar refractivity (Wildman–Crippen MR) is 106 cm³/mol. The molecule has 0 saturated carbocycles. The lowest BCUT2D eigenvalue weighted by molar-refractivity contribution is -0.114. The van der Waals surface area contributed by atoms with Gasteiger partial charge in [0.2, 0.25) is 5.91 Å². The lowest BCUT2D eigenvalue weighted by atomic mass is 10.2. The van der Waals surface area contributed by atoms with Crippen molar-refractivity contribution in [2.75, 3.05) is 19.5 Å². The highest BCUT2D eigenvalue weighted by atomic mass is 16.5. The first-order valence-electron chi connectivity index (χ1n) is 8.77. The first-order valence-corrected chi connectivity index (χ1v) is 8.77. The average Bonchev–Trinajstić information content (AvgIpc) is 3.22. The van der Waals surface area contributed by atoms with E-state index in [-0.39, 0.29) is 17.5 Å². The second-order valence-electron chi connectivity index (χ2n) is 6.12. The summed E-state index contributed by atoms with van der Waals surface area (Å²) in [4.78, 5) is 31.9. The van der Waals surface area contributed by atoms with Crippen LogP contribution in [0.1, 0.15) is 23.0 Å². The molecule has 1 aromatic carbocycles. The van der Waals surface area contributed by atoms with E-state index in [2.05, 4.69) is 20.6 Å². The number of ether oxygens (including phenoxy) is 2. The molecule has 29 heavy (non-hydrogen) atoms. The van der Waals surface area contributed by atoms with Gasteiger partial charge in [0, 0.05) is 19.7 Å². The molecule has 2 heterocycles. The fourth-order valence-corrected chi connectivity index (χ4v) is 2.64. The minimum atomic E-state index is -0.312. The zero-order chi connectivity index (χ0) is 20.8. The topological polar surface area (TPSA) is 107 Å². The maximum Gasteiger partial charge on any atom is 0.271 e. The summed E-state index contributed by atoms with van der Waals surface area (Å²) in [5, 5.41) is 5.47. The molecule has 0 atom stereocenters. The second kappa shape index (κ2) is 8.87. The van der Waals surface area contributed by atoms with Crippen LogP contribution in [0.25, 0.3) is 5.82 Å². The van der Waals surface area contributed by atoms with Gasteiger partial charge in [-0.2, -0.15) is 0 Å². The summed E-state index contributed by atoms with van der Waals surface area (Å²) in [6.45, 7) is 1.74. The van der Waals surface area contributed by atoms with E-state index in [4.69, 9.17) is 9.47 Å². The molecule has 0 fully saturated rings. The van der Waals surface area contributed by atoms with E-state index >= 15 is 0 Å². The van der Waals surface area contributed by atoms with Crippen LogP contribution in [0.15, 0.2) is 49.1 Å². The van der Waals surface area contributed by atoms with Gasteiger partial charge in [-0.3, -0.25) is 14.2 Å². The van der Waals surface area contributed by atoms with Gasteiger partial charge in [0.15, 0.2) is 11.5 Å². The third-order valence-corrected chi connectivity index (χ3v) is 4.05. The Morgan fingerprint density at radius 1 is 1.07 bits per heavy atom. The van der Waals surface area contributed by atoms with E-state index in [1.165, 1.54) is 19.4 Å². The Kier molecular flexibility index (Phi) is 6.08. The molecule has 0 unspecified atom stereocenters. The Labute approximate surface area is 167 Å². The molecule has 150 valence electrons. The van der Waals surface area contributed by atoms with Crippen molar-refractivity contribution in [3.05, 3.63) is 60.3 Å². The number of carbonyl (C=O) groups excluding carboxylic acids is 2. The number of aromatic nitrogens is 3. The van der Waals surface area contributed by atoms with Crippen LogP contribution in [-0.2, 0) is 11.3 Å². The molecule has 9 heteroatoms. The van der Waals surface area contributed by atoms with Crippen LogP contribution in [0.4, 0.5) is 5.69 Å². The molecule has 9 nitrogen and oxygen atoms in total. The molecule has 2 aromatic heterocycles. The van der Waals surface area contributed by atoms with E-state index in [0.717, 1.165) is 5.56 Å². The van der Waals surface area contributed by atoms with Crippen molar-refractivity contribution in [2.45, 2.75) is 13.5 Å². The number of anilines is 1. The molecular weight excluding hydrogens is 374 g/mol. The van der Waals surface area contributed by atoms with Crippen molar-refractivity contribution < 1.29 is 19.1 Å². The van der Waals surface area contributed by atoms with E-state index in [1.807, 2.05) is 6.07 Å². The van der Waals surface area contributed by atoms with Gasteiger partial charge in [-0.1, -0.05) is 6.07 Å². The summed E-state index contributed by atoms with van der Waals surface area (Å²) in [5.74, 6) is 1.31. The number of hydrogen-bond donors (Lipinski definition) is 2. The number of benzene rings is 1. The van der Waals surface area contributed by atoms with Crippen molar-refractivity contribution in [1.82, 2.24) is 19.9 Å². The minimum absolute atomic E-state index is 0.171. The molecule has 0 aliphatic carbocycles. The SMILES string of the molecule is COc1ccc(CNC(=O)c2cn(-c3ccc(NC(C)=O)cn3)cn2)cc1OC. The van der Waals surface area contributed by atoms with E-state index in [0.29, 0.717) is 29.5 Å². The number of methoxy groups -OCH3 is 2. The van der Waals surface area contributed by atoms with Crippen molar-refractivity contribution in [2.24, 2.45) is 0 Å². The summed E-state index contributed by atoms with van der Waals surface area (Å²) >= 11 is 0. The number of pyridine rings is 1. The number of nitrogens with one attached hydrogen (secondary N) is 2. The van der Waals surface area contributed by atoms with Gasteiger partial charge < -0.3 is 20.1 Å². The van der Waals surface area contributed by atoms with E-state index in [1.54, 1.807) is 49.2 Å². The molecule has 3 rings (SSSR count). The van der Waals surface area contributed by atoms with Gasteiger partial charge in [0.05, 0.1) is 26.1 Å². The normalized spacial score (nSPS) is 10.3. The standard InChI is InChI=1S/C20H21N5O4/c1-13(26)24-15-5-7-19(21-10-15)25-11-16(23-12-25)20(27)22-9-14-4-6-17(28-2)18(8-14)29-3/h4-8,10-12H,9H2,1-3H3,(H,22,27)(H,24,26). The number of hydrogen-bond acceptors (Lipinski definition) is 6. The number of amides is 2. The van der Waals surface area contributed by atoms with Crippen LogP contribution < -0.4 is 20.1 Å². The predicted octanol–water partition coefficient (Wildman–Crippen LogP) is 2.17. The molecule has 3 aromatic rings. The summed E-state index contributed by atoms with van der Waals surface area (Å²) < 4.78 is 12.1. The van der Waals surface area contributed by atoms with Crippen LogP contribution in [0.2, 0.25) is 0 Å². The Balaban J connectivity index is 1.64. The van der Waals surface area contributed by atoms with Crippen LogP contribution >= 0.6 is 0 Å². The number of carbonyl (C=O) groups is 2. The maximum absolute atomic E-state index is 12.4. The smallest absolute Gasteiger partial charge is 0.271 e. The van der Waals surface area contributed by atoms with Gasteiger partial charge in [-0.15, -0.1) is 0 Å². The third kappa shape index (κ3) is 4.89. The summed E-state index contributed by atoms with van der Waals surface area (Å²) in [7, 11) is 3.13. The quantitative estimate of drug-likeness (QED) is 0.635. The first-order chi connectivity index (χ1) is 14.0. The summed E-state index contributed by atoms with van der Waals surface area (Å²) in [6.07, 6.45) is 4.63. The summed E-state index contributed by atoms with van der Waals surface area (Å²) in [6, 6.07) is 8.88. The second-order valence-corrected chi connectivity index (χ2v) is 6.12. The Bertz CT molecular complexity index is 1010. The Hall–Kier alpha value is -3.88. The zero-order valence-corrected chi connectivity index (χ0v) is 16.3. The highest BCUT2D eigenvalue weighted by Gasteiger charge is 2.11. The van der Waals surface area contributed by atoms with E-state index in [9.17, 15) is 9.59 Å². The number of imidazole rings is 1. The van der Waals surface area contributed by atoms with Gasteiger partial charge >= 0.3 is 0 Å². The largest absolute Gasteiger partial charge is 0.493 e. The molecule has 0 saturated heterocycles.